The van der Waals surface area contributed by atoms with E-state index in [0.29, 0.717) is 5.56 Å². The average Bonchev–Trinajstić information content (AvgIpc) is 2.60. The first kappa shape index (κ1) is 12.7. The van der Waals surface area contributed by atoms with Crippen LogP contribution in [0.5, 0.6) is 0 Å². The summed E-state index contributed by atoms with van der Waals surface area (Å²) in [4.78, 5) is 5.23. The first-order valence-electron chi connectivity index (χ1n) is 5.13. The number of aryl methyl sites for hydroxylation is 2. The Hall–Kier alpha value is -0.780. The molecule has 0 fully saturated rings. The van der Waals surface area contributed by atoms with Crippen molar-refractivity contribution in [1.29, 1.82) is 0 Å². The van der Waals surface area contributed by atoms with Gasteiger partial charge in [-0.15, -0.1) is 11.3 Å². The van der Waals surface area contributed by atoms with Gasteiger partial charge in [-0.1, -0.05) is 15.9 Å². The second-order valence-electron chi connectivity index (χ2n) is 3.83. The van der Waals surface area contributed by atoms with Gasteiger partial charge in [0, 0.05) is 14.9 Å². The molecular formula is C12H12BrFN2S. The SMILES string of the molecule is Cc1nc(C)c(C(N)c2cc(Br)ccc2F)s1. The standard InChI is InChI=1S/C12H12BrFN2S/c1-6-12(17-7(2)16-6)11(15)9-5-8(13)3-4-10(9)14/h3-5,11H,15H2,1-2H3. The van der Waals surface area contributed by atoms with Crippen LogP contribution in [0.4, 0.5) is 4.39 Å². The molecule has 1 aromatic carbocycles. The van der Waals surface area contributed by atoms with E-state index in [1.165, 1.54) is 17.4 Å². The molecule has 0 spiro atoms. The van der Waals surface area contributed by atoms with E-state index in [1.807, 2.05) is 13.8 Å². The maximum absolute atomic E-state index is 13.7. The van der Waals surface area contributed by atoms with Gasteiger partial charge in [-0.2, -0.15) is 0 Å². The Kier molecular flexibility index (Phi) is 3.61. The second-order valence-corrected chi connectivity index (χ2v) is 5.98. The van der Waals surface area contributed by atoms with Gasteiger partial charge < -0.3 is 5.73 Å². The van der Waals surface area contributed by atoms with E-state index >= 15 is 0 Å². The zero-order chi connectivity index (χ0) is 12.6. The molecule has 1 heterocycles. The van der Waals surface area contributed by atoms with Crippen LogP contribution in [0.25, 0.3) is 0 Å². The van der Waals surface area contributed by atoms with Gasteiger partial charge >= 0.3 is 0 Å². The first-order valence-corrected chi connectivity index (χ1v) is 6.74. The molecule has 2 rings (SSSR count). The number of halogens is 2. The Bertz CT molecular complexity index is 553. The first-order chi connectivity index (χ1) is 7.99. The maximum Gasteiger partial charge on any atom is 0.128 e. The Morgan fingerprint density at radius 1 is 1.41 bits per heavy atom. The summed E-state index contributed by atoms with van der Waals surface area (Å²) in [6.45, 7) is 3.82. The number of aromatic nitrogens is 1. The monoisotopic (exact) mass is 314 g/mol. The van der Waals surface area contributed by atoms with Crippen molar-refractivity contribution in [3.05, 3.63) is 49.6 Å². The third-order valence-corrected chi connectivity index (χ3v) is 4.16. The molecule has 2 N–H and O–H groups in total. The lowest BCUT2D eigenvalue weighted by molar-refractivity contribution is 0.600. The van der Waals surface area contributed by atoms with E-state index in [2.05, 4.69) is 20.9 Å². The summed E-state index contributed by atoms with van der Waals surface area (Å²) in [5, 5.41) is 0.948. The summed E-state index contributed by atoms with van der Waals surface area (Å²) in [7, 11) is 0. The summed E-state index contributed by atoms with van der Waals surface area (Å²) < 4.78 is 14.6. The summed E-state index contributed by atoms with van der Waals surface area (Å²) in [6, 6.07) is 4.34. The largest absolute Gasteiger partial charge is 0.319 e. The number of nitrogens with zero attached hydrogens (tertiary/aromatic N) is 1. The lowest BCUT2D eigenvalue weighted by Crippen LogP contribution is -2.13. The molecule has 0 aliphatic heterocycles. The zero-order valence-corrected chi connectivity index (χ0v) is 11.9. The van der Waals surface area contributed by atoms with Crippen LogP contribution in [-0.2, 0) is 0 Å². The molecular weight excluding hydrogens is 303 g/mol. The van der Waals surface area contributed by atoms with Crippen molar-refractivity contribution in [3.8, 4) is 0 Å². The van der Waals surface area contributed by atoms with Crippen LogP contribution in [0.3, 0.4) is 0 Å². The van der Waals surface area contributed by atoms with Crippen molar-refractivity contribution in [1.82, 2.24) is 4.98 Å². The van der Waals surface area contributed by atoms with Crippen LogP contribution in [-0.4, -0.2) is 4.98 Å². The van der Waals surface area contributed by atoms with Crippen LogP contribution in [0.2, 0.25) is 0 Å². The Labute approximate surface area is 112 Å². The third kappa shape index (κ3) is 2.56. The molecule has 0 saturated heterocycles. The Balaban J connectivity index is 2.46. The lowest BCUT2D eigenvalue weighted by Gasteiger charge is -2.12. The number of thiazole rings is 1. The Morgan fingerprint density at radius 2 is 2.12 bits per heavy atom. The zero-order valence-electron chi connectivity index (χ0n) is 9.50. The minimum Gasteiger partial charge on any atom is -0.319 e. The van der Waals surface area contributed by atoms with Crippen molar-refractivity contribution in [3.63, 3.8) is 0 Å². The van der Waals surface area contributed by atoms with E-state index in [4.69, 9.17) is 5.73 Å². The van der Waals surface area contributed by atoms with Crippen LogP contribution in [0, 0.1) is 19.7 Å². The lowest BCUT2D eigenvalue weighted by atomic mass is 10.0. The summed E-state index contributed by atoms with van der Waals surface area (Å²) in [5.74, 6) is -0.286. The fourth-order valence-electron chi connectivity index (χ4n) is 1.73. The molecule has 0 aliphatic rings. The summed E-state index contributed by atoms with van der Waals surface area (Å²) in [6.07, 6.45) is 0. The highest BCUT2D eigenvalue weighted by molar-refractivity contribution is 9.10. The van der Waals surface area contributed by atoms with E-state index in [-0.39, 0.29) is 5.82 Å². The molecule has 1 unspecified atom stereocenters. The molecule has 2 aromatic rings. The van der Waals surface area contributed by atoms with E-state index in [9.17, 15) is 4.39 Å². The van der Waals surface area contributed by atoms with Crippen LogP contribution < -0.4 is 5.73 Å². The number of hydrogen-bond acceptors (Lipinski definition) is 3. The highest BCUT2D eigenvalue weighted by Gasteiger charge is 2.18. The average molecular weight is 315 g/mol. The van der Waals surface area contributed by atoms with Crippen molar-refractivity contribution in [2.75, 3.05) is 0 Å². The minimum atomic E-state index is -0.460. The number of hydrogen-bond donors (Lipinski definition) is 1. The van der Waals surface area contributed by atoms with Crippen molar-refractivity contribution in [2.24, 2.45) is 5.73 Å². The van der Waals surface area contributed by atoms with E-state index < -0.39 is 6.04 Å². The smallest absolute Gasteiger partial charge is 0.128 e. The highest BCUT2D eigenvalue weighted by atomic mass is 79.9. The molecule has 0 aliphatic carbocycles. The molecule has 90 valence electrons. The molecule has 2 nitrogen and oxygen atoms in total. The van der Waals surface area contributed by atoms with Gasteiger partial charge in [0.15, 0.2) is 0 Å². The summed E-state index contributed by atoms with van der Waals surface area (Å²) in [5.41, 5.74) is 7.48. The minimum absolute atomic E-state index is 0.286. The highest BCUT2D eigenvalue weighted by Crippen LogP contribution is 2.30. The number of rotatable bonds is 2. The molecule has 5 heteroatoms. The predicted molar refractivity (Wildman–Crippen MR) is 71.7 cm³/mol. The molecule has 0 radical (unpaired) electrons. The van der Waals surface area contributed by atoms with Gasteiger partial charge in [0.2, 0.25) is 0 Å². The predicted octanol–water partition coefficient (Wildman–Crippen LogP) is 3.71. The molecule has 1 aromatic heterocycles. The van der Waals surface area contributed by atoms with Crippen molar-refractivity contribution < 1.29 is 4.39 Å². The fraction of sp³-hybridized carbons (Fsp3) is 0.250. The molecule has 17 heavy (non-hydrogen) atoms. The van der Waals surface area contributed by atoms with E-state index in [0.717, 1.165) is 20.1 Å². The molecule has 0 amide bonds. The maximum atomic E-state index is 13.7. The van der Waals surface area contributed by atoms with Gasteiger partial charge in [0.1, 0.15) is 5.82 Å². The van der Waals surface area contributed by atoms with Gasteiger partial charge in [-0.25, -0.2) is 9.37 Å². The third-order valence-electron chi connectivity index (χ3n) is 2.51. The van der Waals surface area contributed by atoms with Crippen LogP contribution in [0.15, 0.2) is 22.7 Å². The van der Waals surface area contributed by atoms with Gasteiger partial charge in [-0.3, -0.25) is 0 Å². The number of benzene rings is 1. The normalized spacial score (nSPS) is 12.8. The summed E-state index contributed by atoms with van der Waals surface area (Å²) >= 11 is 4.84. The van der Waals surface area contributed by atoms with E-state index in [1.54, 1.807) is 12.1 Å². The van der Waals surface area contributed by atoms with Crippen molar-refractivity contribution >= 4 is 27.3 Å². The molecule has 1 atom stereocenters. The van der Waals surface area contributed by atoms with Crippen molar-refractivity contribution in [2.45, 2.75) is 19.9 Å². The van der Waals surface area contributed by atoms with Crippen LogP contribution in [0.1, 0.15) is 27.2 Å². The number of nitrogens with two attached hydrogens (primary N) is 1. The topological polar surface area (TPSA) is 38.9 Å². The Morgan fingerprint density at radius 3 is 2.71 bits per heavy atom. The molecule has 0 saturated carbocycles. The molecule has 0 bridgehead atoms. The van der Waals surface area contributed by atoms with Gasteiger partial charge in [0.05, 0.1) is 16.7 Å². The second kappa shape index (κ2) is 4.84. The van der Waals surface area contributed by atoms with Gasteiger partial charge in [0.25, 0.3) is 0 Å². The quantitative estimate of drug-likeness (QED) is 0.917. The fourth-order valence-corrected chi connectivity index (χ4v) is 3.06. The van der Waals surface area contributed by atoms with Gasteiger partial charge in [-0.05, 0) is 32.0 Å². The van der Waals surface area contributed by atoms with Crippen LogP contribution >= 0.6 is 27.3 Å².